The third-order valence-corrected chi connectivity index (χ3v) is 3.55. The first kappa shape index (κ1) is 11.1. The molecular weight excluding hydrogens is 254 g/mol. The van der Waals surface area contributed by atoms with Gasteiger partial charge in [-0.25, -0.2) is 0 Å². The molecule has 0 bridgehead atoms. The zero-order chi connectivity index (χ0) is 10.7. The van der Waals surface area contributed by atoms with Crippen molar-refractivity contribution in [3.8, 4) is 0 Å². The summed E-state index contributed by atoms with van der Waals surface area (Å²) in [6.45, 7) is 1.71. The second-order valence-corrected chi connectivity index (χ2v) is 5.07. The highest BCUT2D eigenvalue weighted by Gasteiger charge is 2.23. The highest BCUT2D eigenvalue weighted by atomic mass is 79.9. The minimum absolute atomic E-state index is 0.152. The molecule has 1 saturated heterocycles. The van der Waals surface area contributed by atoms with E-state index < -0.39 is 0 Å². The molecule has 0 aliphatic carbocycles. The molecule has 2 nitrogen and oxygen atoms in total. The van der Waals surface area contributed by atoms with E-state index in [0.717, 1.165) is 30.4 Å². The van der Waals surface area contributed by atoms with Crippen LogP contribution in [-0.4, -0.2) is 24.3 Å². The molecule has 0 radical (unpaired) electrons. The molecule has 2 rings (SSSR count). The quantitative estimate of drug-likeness (QED) is 0.880. The van der Waals surface area contributed by atoms with Crippen molar-refractivity contribution >= 4 is 15.9 Å². The van der Waals surface area contributed by atoms with Gasteiger partial charge in [-0.15, -0.1) is 0 Å². The van der Waals surface area contributed by atoms with Crippen LogP contribution in [0.15, 0.2) is 28.7 Å². The van der Waals surface area contributed by atoms with E-state index >= 15 is 0 Å². The fourth-order valence-electron chi connectivity index (χ4n) is 2.02. The first-order chi connectivity index (χ1) is 7.25. The second-order valence-electron chi connectivity index (χ2n) is 4.15. The SMILES string of the molecule is OC1CNCC1CCc1ccc(Br)cc1. The fraction of sp³-hybridized carbons (Fsp3) is 0.500. The summed E-state index contributed by atoms with van der Waals surface area (Å²) in [5.74, 6) is 0.425. The number of benzene rings is 1. The van der Waals surface area contributed by atoms with Gasteiger partial charge in [0.15, 0.2) is 0 Å². The van der Waals surface area contributed by atoms with Gasteiger partial charge in [-0.2, -0.15) is 0 Å². The van der Waals surface area contributed by atoms with Gasteiger partial charge in [0.25, 0.3) is 0 Å². The average Bonchev–Trinajstić information content (AvgIpc) is 2.63. The van der Waals surface area contributed by atoms with Crippen molar-refractivity contribution in [2.45, 2.75) is 18.9 Å². The van der Waals surface area contributed by atoms with E-state index in [9.17, 15) is 5.11 Å². The maximum atomic E-state index is 9.64. The number of rotatable bonds is 3. The van der Waals surface area contributed by atoms with Crippen molar-refractivity contribution in [3.63, 3.8) is 0 Å². The fourth-order valence-corrected chi connectivity index (χ4v) is 2.28. The lowest BCUT2D eigenvalue weighted by molar-refractivity contribution is 0.143. The van der Waals surface area contributed by atoms with E-state index in [1.807, 2.05) is 0 Å². The second kappa shape index (κ2) is 5.10. The Bertz CT molecular complexity index is 312. The number of β-amino-alcohol motifs (C(OH)–C–C–N with tert-alkyl or cyclic N) is 1. The molecule has 15 heavy (non-hydrogen) atoms. The maximum absolute atomic E-state index is 9.64. The summed E-state index contributed by atoms with van der Waals surface area (Å²) in [5.41, 5.74) is 1.34. The zero-order valence-electron chi connectivity index (χ0n) is 8.62. The van der Waals surface area contributed by atoms with Crippen LogP contribution in [0.2, 0.25) is 0 Å². The lowest BCUT2D eigenvalue weighted by Crippen LogP contribution is -2.18. The first-order valence-electron chi connectivity index (χ1n) is 5.39. The van der Waals surface area contributed by atoms with Crippen LogP contribution in [0.4, 0.5) is 0 Å². The lowest BCUT2D eigenvalue weighted by Gasteiger charge is -2.12. The van der Waals surface area contributed by atoms with Gasteiger partial charge < -0.3 is 10.4 Å². The summed E-state index contributed by atoms with van der Waals surface area (Å²) in [4.78, 5) is 0. The summed E-state index contributed by atoms with van der Waals surface area (Å²) < 4.78 is 1.12. The van der Waals surface area contributed by atoms with Crippen molar-refractivity contribution in [1.82, 2.24) is 5.32 Å². The Labute approximate surface area is 98.8 Å². The van der Waals surface area contributed by atoms with Crippen LogP contribution < -0.4 is 5.32 Å². The van der Waals surface area contributed by atoms with Crippen molar-refractivity contribution in [2.75, 3.05) is 13.1 Å². The van der Waals surface area contributed by atoms with E-state index in [1.165, 1.54) is 5.56 Å². The Balaban J connectivity index is 1.85. The van der Waals surface area contributed by atoms with Crippen molar-refractivity contribution in [1.29, 1.82) is 0 Å². The van der Waals surface area contributed by atoms with E-state index in [1.54, 1.807) is 0 Å². The predicted molar refractivity (Wildman–Crippen MR) is 64.8 cm³/mol. The first-order valence-corrected chi connectivity index (χ1v) is 6.18. The predicted octanol–water partition coefficient (Wildman–Crippen LogP) is 1.96. The standard InChI is InChI=1S/C12H16BrNO/c13-11-5-2-9(3-6-11)1-4-10-7-14-8-12(10)15/h2-3,5-6,10,12,14-15H,1,4,7-8H2. The minimum Gasteiger partial charge on any atom is -0.391 e. The molecule has 1 heterocycles. The maximum Gasteiger partial charge on any atom is 0.0704 e. The van der Waals surface area contributed by atoms with Crippen molar-refractivity contribution in [3.05, 3.63) is 34.3 Å². The third kappa shape index (κ3) is 3.03. The number of halogens is 1. The molecule has 82 valence electrons. The van der Waals surface area contributed by atoms with Crippen molar-refractivity contribution < 1.29 is 5.11 Å². The number of hydrogen-bond acceptors (Lipinski definition) is 2. The highest BCUT2D eigenvalue weighted by Crippen LogP contribution is 2.18. The molecule has 0 aromatic heterocycles. The van der Waals surface area contributed by atoms with Crippen molar-refractivity contribution in [2.24, 2.45) is 5.92 Å². The molecule has 1 aliphatic heterocycles. The topological polar surface area (TPSA) is 32.3 Å². The van der Waals surface area contributed by atoms with Gasteiger partial charge in [0.05, 0.1) is 6.10 Å². The Hall–Kier alpha value is -0.380. The van der Waals surface area contributed by atoms with Gasteiger partial charge in [0.2, 0.25) is 0 Å². The molecule has 0 saturated carbocycles. The van der Waals surface area contributed by atoms with Crippen LogP contribution >= 0.6 is 15.9 Å². The molecular formula is C12H16BrNO. The summed E-state index contributed by atoms with van der Waals surface area (Å²) in [5, 5.41) is 12.9. The van der Waals surface area contributed by atoms with E-state index in [2.05, 4.69) is 45.5 Å². The molecule has 1 aliphatic rings. The number of aryl methyl sites for hydroxylation is 1. The minimum atomic E-state index is -0.152. The monoisotopic (exact) mass is 269 g/mol. The van der Waals surface area contributed by atoms with Crippen LogP contribution in [0.3, 0.4) is 0 Å². The van der Waals surface area contributed by atoms with E-state index in [0.29, 0.717) is 5.92 Å². The molecule has 2 atom stereocenters. The van der Waals surface area contributed by atoms with E-state index in [-0.39, 0.29) is 6.10 Å². The van der Waals surface area contributed by atoms with Crippen LogP contribution in [0.25, 0.3) is 0 Å². The van der Waals surface area contributed by atoms with Crippen LogP contribution in [0, 0.1) is 5.92 Å². The molecule has 1 aromatic carbocycles. The molecule has 1 fully saturated rings. The summed E-state index contributed by atoms with van der Waals surface area (Å²) >= 11 is 3.42. The Morgan fingerprint density at radius 1 is 1.27 bits per heavy atom. The molecule has 3 heteroatoms. The largest absolute Gasteiger partial charge is 0.391 e. The number of aliphatic hydroxyl groups excluding tert-OH is 1. The van der Waals surface area contributed by atoms with Gasteiger partial charge in [-0.05, 0) is 36.5 Å². The summed E-state index contributed by atoms with van der Waals surface area (Å²) in [7, 11) is 0. The molecule has 2 N–H and O–H groups in total. The Kier molecular flexibility index (Phi) is 3.78. The normalized spacial score (nSPS) is 25.7. The van der Waals surface area contributed by atoms with Gasteiger partial charge in [-0.1, -0.05) is 28.1 Å². The average molecular weight is 270 g/mol. The summed E-state index contributed by atoms with van der Waals surface area (Å²) in [6, 6.07) is 8.41. The molecule has 0 spiro atoms. The lowest BCUT2D eigenvalue weighted by atomic mass is 9.97. The molecule has 2 unspecified atom stereocenters. The van der Waals surface area contributed by atoms with Crippen LogP contribution in [-0.2, 0) is 6.42 Å². The van der Waals surface area contributed by atoms with Gasteiger partial charge in [-0.3, -0.25) is 0 Å². The highest BCUT2D eigenvalue weighted by molar-refractivity contribution is 9.10. The van der Waals surface area contributed by atoms with E-state index in [4.69, 9.17) is 0 Å². The van der Waals surface area contributed by atoms with Crippen LogP contribution in [0.1, 0.15) is 12.0 Å². The van der Waals surface area contributed by atoms with Gasteiger partial charge >= 0.3 is 0 Å². The number of nitrogens with one attached hydrogen (secondary N) is 1. The van der Waals surface area contributed by atoms with Crippen LogP contribution in [0.5, 0.6) is 0 Å². The summed E-state index contributed by atoms with van der Waals surface area (Å²) in [6.07, 6.45) is 1.97. The zero-order valence-corrected chi connectivity index (χ0v) is 10.2. The Morgan fingerprint density at radius 2 is 2.00 bits per heavy atom. The van der Waals surface area contributed by atoms with Gasteiger partial charge in [0, 0.05) is 17.6 Å². The smallest absolute Gasteiger partial charge is 0.0704 e. The third-order valence-electron chi connectivity index (χ3n) is 3.02. The Morgan fingerprint density at radius 3 is 2.60 bits per heavy atom. The molecule has 0 amide bonds. The van der Waals surface area contributed by atoms with Gasteiger partial charge in [0.1, 0.15) is 0 Å². The molecule has 1 aromatic rings. The number of hydrogen-bond donors (Lipinski definition) is 2. The number of aliphatic hydroxyl groups is 1.